The van der Waals surface area contributed by atoms with Crippen molar-refractivity contribution in [1.82, 2.24) is 19.9 Å². The molecule has 0 atom stereocenters. The highest BCUT2D eigenvalue weighted by Gasteiger charge is 2.21. The summed E-state index contributed by atoms with van der Waals surface area (Å²) in [6.45, 7) is 2.01. The molecule has 5 heteroatoms. The lowest BCUT2D eigenvalue weighted by Gasteiger charge is -2.21. The first kappa shape index (κ1) is 10.4. The molecule has 0 aromatic carbocycles. The molecule has 3 rings (SSSR count). The van der Waals surface area contributed by atoms with Gasteiger partial charge in [0.05, 0.1) is 5.69 Å². The van der Waals surface area contributed by atoms with Crippen LogP contribution in [0.3, 0.4) is 0 Å². The van der Waals surface area contributed by atoms with Crippen molar-refractivity contribution in [2.24, 2.45) is 0 Å². The van der Waals surface area contributed by atoms with Crippen LogP contribution in [0.4, 0.5) is 0 Å². The van der Waals surface area contributed by atoms with Gasteiger partial charge in [0.1, 0.15) is 5.82 Å². The molecule has 5 nitrogen and oxygen atoms in total. The van der Waals surface area contributed by atoms with Crippen LogP contribution in [0.15, 0.2) is 18.2 Å². The minimum absolute atomic E-state index is 0.396. The first-order valence-corrected chi connectivity index (χ1v) is 5.90. The zero-order chi connectivity index (χ0) is 11.7. The Kier molecular flexibility index (Phi) is 2.60. The van der Waals surface area contributed by atoms with E-state index in [0.29, 0.717) is 11.6 Å². The molecule has 1 fully saturated rings. The number of hydrogen-bond acceptors (Lipinski definition) is 4. The lowest BCUT2D eigenvalue weighted by Crippen LogP contribution is -2.27. The van der Waals surface area contributed by atoms with E-state index in [1.54, 1.807) is 6.07 Å². The van der Waals surface area contributed by atoms with Crippen molar-refractivity contribution in [2.45, 2.75) is 18.8 Å². The van der Waals surface area contributed by atoms with Gasteiger partial charge in [-0.1, -0.05) is 6.07 Å². The second-order valence-electron chi connectivity index (χ2n) is 4.34. The van der Waals surface area contributed by atoms with Crippen LogP contribution in [-0.2, 0) is 0 Å². The lowest BCUT2D eigenvalue weighted by molar-refractivity contribution is 0.111. The number of aldehydes is 1. The minimum Gasteiger partial charge on any atom is -0.317 e. The molecule has 0 unspecified atom stereocenters. The van der Waals surface area contributed by atoms with Crippen LogP contribution in [0.1, 0.15) is 35.1 Å². The molecule has 0 bridgehead atoms. The van der Waals surface area contributed by atoms with Gasteiger partial charge in [-0.25, -0.2) is 0 Å². The fourth-order valence-electron chi connectivity index (χ4n) is 2.43. The van der Waals surface area contributed by atoms with Crippen LogP contribution in [0.25, 0.3) is 5.65 Å². The van der Waals surface area contributed by atoms with Crippen molar-refractivity contribution in [3.63, 3.8) is 0 Å². The highest BCUT2D eigenvalue weighted by Crippen LogP contribution is 2.24. The van der Waals surface area contributed by atoms with Gasteiger partial charge in [0.25, 0.3) is 0 Å². The molecule has 1 saturated heterocycles. The molecule has 0 radical (unpaired) electrons. The third kappa shape index (κ3) is 1.72. The lowest BCUT2D eigenvalue weighted by atomic mass is 9.97. The van der Waals surface area contributed by atoms with Crippen molar-refractivity contribution in [3.05, 3.63) is 29.7 Å². The standard InChI is InChI=1S/C12H14N4O/c17-8-10-2-1-3-11-14-15-12(16(10)11)9-4-6-13-7-5-9/h1-3,8-9,13H,4-7H2. The zero-order valence-electron chi connectivity index (χ0n) is 9.47. The number of nitrogens with one attached hydrogen (secondary N) is 1. The summed E-state index contributed by atoms with van der Waals surface area (Å²) in [4.78, 5) is 11.1. The third-order valence-electron chi connectivity index (χ3n) is 3.31. The highest BCUT2D eigenvalue weighted by atomic mass is 16.1. The summed E-state index contributed by atoms with van der Waals surface area (Å²) in [7, 11) is 0. The van der Waals surface area contributed by atoms with Crippen LogP contribution in [0.5, 0.6) is 0 Å². The number of fused-ring (bicyclic) bond motifs is 1. The summed E-state index contributed by atoms with van der Waals surface area (Å²) in [5.41, 5.74) is 1.38. The molecule has 0 spiro atoms. The fourth-order valence-corrected chi connectivity index (χ4v) is 2.43. The summed E-state index contributed by atoms with van der Waals surface area (Å²) < 4.78 is 1.88. The zero-order valence-corrected chi connectivity index (χ0v) is 9.47. The largest absolute Gasteiger partial charge is 0.317 e. The summed E-state index contributed by atoms with van der Waals surface area (Å²) in [6.07, 6.45) is 2.96. The molecular formula is C12H14N4O. The number of hydrogen-bond donors (Lipinski definition) is 1. The van der Waals surface area contributed by atoms with Crippen LogP contribution in [0.2, 0.25) is 0 Å². The molecule has 0 amide bonds. The molecule has 17 heavy (non-hydrogen) atoms. The van der Waals surface area contributed by atoms with Gasteiger partial charge in [0.2, 0.25) is 0 Å². The Morgan fingerprint density at radius 1 is 1.29 bits per heavy atom. The van der Waals surface area contributed by atoms with Crippen LogP contribution in [-0.4, -0.2) is 34.0 Å². The number of carbonyl (C=O) groups excluding carboxylic acids is 1. The van der Waals surface area contributed by atoms with E-state index >= 15 is 0 Å². The topological polar surface area (TPSA) is 59.3 Å². The summed E-state index contributed by atoms with van der Waals surface area (Å²) in [5, 5.41) is 11.7. The number of piperidine rings is 1. The van der Waals surface area contributed by atoms with Crippen molar-refractivity contribution in [3.8, 4) is 0 Å². The first-order chi connectivity index (χ1) is 8.40. The van der Waals surface area contributed by atoms with Gasteiger partial charge in [-0.2, -0.15) is 0 Å². The molecular weight excluding hydrogens is 216 g/mol. The molecule has 3 heterocycles. The molecule has 88 valence electrons. The van der Waals surface area contributed by atoms with Gasteiger partial charge in [0.15, 0.2) is 11.9 Å². The molecule has 1 N–H and O–H groups in total. The van der Waals surface area contributed by atoms with E-state index in [9.17, 15) is 4.79 Å². The van der Waals surface area contributed by atoms with E-state index in [2.05, 4.69) is 15.5 Å². The predicted octanol–water partition coefficient (Wildman–Crippen LogP) is 1.01. The Morgan fingerprint density at radius 2 is 2.12 bits per heavy atom. The normalized spacial score (nSPS) is 17.4. The van der Waals surface area contributed by atoms with E-state index in [1.807, 2.05) is 16.5 Å². The van der Waals surface area contributed by atoms with E-state index in [0.717, 1.165) is 43.7 Å². The first-order valence-electron chi connectivity index (χ1n) is 5.90. The Bertz CT molecular complexity index is 542. The third-order valence-corrected chi connectivity index (χ3v) is 3.31. The van der Waals surface area contributed by atoms with E-state index < -0.39 is 0 Å². The monoisotopic (exact) mass is 230 g/mol. The molecule has 1 aliphatic rings. The Hall–Kier alpha value is -1.75. The summed E-state index contributed by atoms with van der Waals surface area (Å²) >= 11 is 0. The van der Waals surface area contributed by atoms with Gasteiger partial charge < -0.3 is 5.32 Å². The quantitative estimate of drug-likeness (QED) is 0.782. The number of nitrogens with zero attached hydrogens (tertiary/aromatic N) is 3. The van der Waals surface area contributed by atoms with Crippen molar-refractivity contribution >= 4 is 11.9 Å². The molecule has 0 aliphatic carbocycles. The van der Waals surface area contributed by atoms with Gasteiger partial charge >= 0.3 is 0 Å². The van der Waals surface area contributed by atoms with Crippen molar-refractivity contribution in [1.29, 1.82) is 0 Å². The maximum Gasteiger partial charge on any atom is 0.166 e. The highest BCUT2D eigenvalue weighted by molar-refractivity contribution is 5.74. The fraction of sp³-hybridized carbons (Fsp3) is 0.417. The molecule has 2 aromatic heterocycles. The SMILES string of the molecule is O=Cc1cccc2nnc(C3CCNCC3)n12. The number of rotatable bonds is 2. The Morgan fingerprint density at radius 3 is 2.88 bits per heavy atom. The van der Waals surface area contributed by atoms with E-state index in [1.165, 1.54) is 0 Å². The van der Waals surface area contributed by atoms with Gasteiger partial charge in [-0.3, -0.25) is 9.20 Å². The minimum atomic E-state index is 0.396. The van der Waals surface area contributed by atoms with Crippen molar-refractivity contribution in [2.75, 3.05) is 13.1 Å². The smallest absolute Gasteiger partial charge is 0.166 e. The predicted molar refractivity (Wildman–Crippen MR) is 63.2 cm³/mol. The van der Waals surface area contributed by atoms with Gasteiger partial charge in [-0.15, -0.1) is 10.2 Å². The number of aromatic nitrogens is 3. The van der Waals surface area contributed by atoms with Gasteiger partial charge in [0, 0.05) is 5.92 Å². The Balaban J connectivity index is 2.12. The Labute approximate surface area is 98.9 Å². The van der Waals surface area contributed by atoms with Crippen LogP contribution < -0.4 is 5.32 Å². The van der Waals surface area contributed by atoms with Crippen LogP contribution >= 0.6 is 0 Å². The molecule has 0 saturated carbocycles. The second kappa shape index (κ2) is 4.25. The maximum absolute atomic E-state index is 11.1. The van der Waals surface area contributed by atoms with Gasteiger partial charge in [-0.05, 0) is 38.1 Å². The number of pyridine rings is 1. The molecule has 1 aliphatic heterocycles. The second-order valence-corrected chi connectivity index (χ2v) is 4.34. The average Bonchev–Trinajstić information content (AvgIpc) is 2.83. The van der Waals surface area contributed by atoms with Crippen molar-refractivity contribution < 1.29 is 4.79 Å². The average molecular weight is 230 g/mol. The van der Waals surface area contributed by atoms with E-state index in [-0.39, 0.29) is 0 Å². The molecule has 2 aromatic rings. The summed E-state index contributed by atoms with van der Waals surface area (Å²) in [6, 6.07) is 5.51. The maximum atomic E-state index is 11.1. The van der Waals surface area contributed by atoms with Crippen LogP contribution in [0, 0.1) is 0 Å². The number of carbonyl (C=O) groups is 1. The van der Waals surface area contributed by atoms with E-state index in [4.69, 9.17) is 0 Å². The summed E-state index contributed by atoms with van der Waals surface area (Å²) in [5.74, 6) is 1.32.